The number of likely N-dealkylation sites (N-methyl/N-ethyl adjacent to an activating group) is 2. The van der Waals surface area contributed by atoms with E-state index in [1.165, 1.54) is 18.7 Å². The molecule has 1 saturated heterocycles. The quantitative estimate of drug-likeness (QED) is 0.885. The van der Waals surface area contributed by atoms with E-state index in [1.54, 1.807) is 0 Å². The van der Waals surface area contributed by atoms with Gasteiger partial charge in [-0.3, -0.25) is 4.90 Å². The van der Waals surface area contributed by atoms with Crippen molar-refractivity contribution in [3.05, 3.63) is 23.8 Å². The molecule has 0 radical (unpaired) electrons. The Balaban J connectivity index is 1.63. The molecule has 0 bridgehead atoms. The highest BCUT2D eigenvalue weighted by atomic mass is 16.7. The minimum atomic E-state index is 0.327. The van der Waals surface area contributed by atoms with E-state index >= 15 is 0 Å². The smallest absolute Gasteiger partial charge is 0.231 e. The first-order chi connectivity index (χ1) is 10.3. The number of hydrogen-bond acceptors (Lipinski definition) is 5. The number of rotatable bonds is 5. The number of nitrogens with one attached hydrogen (secondary N) is 1. The zero-order chi connectivity index (χ0) is 14.7. The molecule has 0 aliphatic carbocycles. The molecule has 1 aromatic rings. The minimum absolute atomic E-state index is 0.327. The Morgan fingerprint density at radius 1 is 1.10 bits per heavy atom. The zero-order valence-corrected chi connectivity index (χ0v) is 13.0. The van der Waals surface area contributed by atoms with Gasteiger partial charge in [0.1, 0.15) is 0 Å². The van der Waals surface area contributed by atoms with Crippen LogP contribution in [-0.4, -0.2) is 62.9 Å². The van der Waals surface area contributed by atoms with Gasteiger partial charge >= 0.3 is 0 Å². The minimum Gasteiger partial charge on any atom is -0.454 e. The summed E-state index contributed by atoms with van der Waals surface area (Å²) >= 11 is 0. The van der Waals surface area contributed by atoms with Gasteiger partial charge in [-0.1, -0.05) is 13.0 Å². The highest BCUT2D eigenvalue weighted by Crippen LogP contribution is 2.34. The first-order valence-corrected chi connectivity index (χ1v) is 7.81. The van der Waals surface area contributed by atoms with Gasteiger partial charge in [-0.05, 0) is 31.3 Å². The molecule has 5 nitrogen and oxygen atoms in total. The number of hydrogen-bond donors (Lipinski definition) is 1. The Bertz CT molecular complexity index is 473. The molecule has 1 fully saturated rings. The van der Waals surface area contributed by atoms with Gasteiger partial charge in [-0.15, -0.1) is 0 Å². The van der Waals surface area contributed by atoms with Crippen LogP contribution >= 0.6 is 0 Å². The van der Waals surface area contributed by atoms with Gasteiger partial charge in [0.15, 0.2) is 11.5 Å². The maximum absolute atomic E-state index is 5.48. The second-order valence-corrected chi connectivity index (χ2v) is 5.69. The van der Waals surface area contributed by atoms with Crippen molar-refractivity contribution in [1.29, 1.82) is 0 Å². The van der Waals surface area contributed by atoms with Gasteiger partial charge in [0, 0.05) is 38.8 Å². The molecule has 1 aromatic carbocycles. The Morgan fingerprint density at radius 3 is 2.52 bits per heavy atom. The number of piperazine rings is 1. The van der Waals surface area contributed by atoms with Crippen LogP contribution in [0.25, 0.3) is 0 Å². The predicted molar refractivity (Wildman–Crippen MR) is 82.9 cm³/mol. The van der Waals surface area contributed by atoms with Crippen LogP contribution in [0.1, 0.15) is 18.5 Å². The SMILES string of the molecule is CCN1CCN(CC(NC)c2ccc3c(c2)OCO3)CC1. The average Bonchev–Trinajstić information content (AvgIpc) is 3.00. The summed E-state index contributed by atoms with van der Waals surface area (Å²) in [6, 6.07) is 6.58. The Kier molecular flexibility index (Phi) is 4.63. The van der Waals surface area contributed by atoms with Gasteiger partial charge < -0.3 is 19.7 Å². The molecule has 3 rings (SSSR count). The lowest BCUT2D eigenvalue weighted by Gasteiger charge is -2.36. The first-order valence-electron chi connectivity index (χ1n) is 7.81. The largest absolute Gasteiger partial charge is 0.454 e. The summed E-state index contributed by atoms with van der Waals surface area (Å²) in [6.45, 7) is 9.41. The van der Waals surface area contributed by atoms with Gasteiger partial charge in [-0.2, -0.15) is 0 Å². The number of nitrogens with zero attached hydrogens (tertiary/aromatic N) is 2. The van der Waals surface area contributed by atoms with Gasteiger partial charge in [0.05, 0.1) is 0 Å². The average molecular weight is 291 g/mol. The Morgan fingerprint density at radius 2 is 1.81 bits per heavy atom. The third-order valence-electron chi connectivity index (χ3n) is 4.50. The van der Waals surface area contributed by atoms with Crippen molar-refractivity contribution in [2.45, 2.75) is 13.0 Å². The molecule has 0 saturated carbocycles. The van der Waals surface area contributed by atoms with E-state index in [2.05, 4.69) is 34.2 Å². The predicted octanol–water partition coefficient (Wildman–Crippen LogP) is 1.31. The summed E-state index contributed by atoms with van der Waals surface area (Å²) in [6.07, 6.45) is 0. The van der Waals surface area contributed by atoms with E-state index in [0.29, 0.717) is 12.8 Å². The maximum Gasteiger partial charge on any atom is 0.231 e. The monoisotopic (exact) mass is 291 g/mol. The lowest BCUT2D eigenvalue weighted by molar-refractivity contribution is 0.128. The van der Waals surface area contributed by atoms with Crippen LogP contribution in [0.5, 0.6) is 11.5 Å². The highest BCUT2D eigenvalue weighted by Gasteiger charge is 2.21. The molecule has 0 spiro atoms. The normalized spacial score (nSPS) is 20.7. The maximum atomic E-state index is 5.48. The van der Waals surface area contributed by atoms with Crippen LogP contribution in [0, 0.1) is 0 Å². The van der Waals surface area contributed by atoms with Crippen molar-refractivity contribution in [2.75, 3.05) is 53.1 Å². The van der Waals surface area contributed by atoms with Crippen LogP contribution in [0.2, 0.25) is 0 Å². The Hall–Kier alpha value is -1.30. The van der Waals surface area contributed by atoms with E-state index < -0.39 is 0 Å². The topological polar surface area (TPSA) is 37.0 Å². The van der Waals surface area contributed by atoms with Gasteiger partial charge in [0.2, 0.25) is 6.79 Å². The third-order valence-corrected chi connectivity index (χ3v) is 4.50. The lowest BCUT2D eigenvalue weighted by atomic mass is 10.1. The van der Waals surface area contributed by atoms with E-state index in [0.717, 1.165) is 37.7 Å². The number of fused-ring (bicyclic) bond motifs is 1. The first kappa shape index (κ1) is 14.6. The fourth-order valence-corrected chi connectivity index (χ4v) is 3.04. The van der Waals surface area contributed by atoms with Gasteiger partial charge in [0.25, 0.3) is 0 Å². The molecule has 0 amide bonds. The molecular formula is C16H25N3O2. The molecular weight excluding hydrogens is 266 g/mol. The van der Waals surface area contributed by atoms with Crippen molar-refractivity contribution in [1.82, 2.24) is 15.1 Å². The van der Waals surface area contributed by atoms with E-state index in [9.17, 15) is 0 Å². The standard InChI is InChI=1S/C16H25N3O2/c1-3-18-6-8-19(9-7-18)11-14(17-2)13-4-5-15-16(10-13)21-12-20-15/h4-5,10,14,17H,3,6-9,11-12H2,1-2H3. The molecule has 1 unspecified atom stereocenters. The van der Waals surface area contributed by atoms with Crippen LogP contribution < -0.4 is 14.8 Å². The second-order valence-electron chi connectivity index (χ2n) is 5.69. The molecule has 2 heterocycles. The molecule has 2 aliphatic rings. The van der Waals surface area contributed by atoms with Crippen molar-refractivity contribution in [3.8, 4) is 11.5 Å². The van der Waals surface area contributed by atoms with E-state index in [-0.39, 0.29) is 0 Å². The molecule has 1 N–H and O–H groups in total. The molecule has 1 atom stereocenters. The number of benzene rings is 1. The fourth-order valence-electron chi connectivity index (χ4n) is 3.04. The molecule has 0 aromatic heterocycles. The van der Waals surface area contributed by atoms with Crippen LogP contribution in [0.15, 0.2) is 18.2 Å². The van der Waals surface area contributed by atoms with Crippen molar-refractivity contribution < 1.29 is 9.47 Å². The fraction of sp³-hybridized carbons (Fsp3) is 0.625. The summed E-state index contributed by atoms with van der Waals surface area (Å²) < 4.78 is 10.9. The summed E-state index contributed by atoms with van der Waals surface area (Å²) in [5.74, 6) is 1.72. The van der Waals surface area contributed by atoms with Gasteiger partial charge in [-0.25, -0.2) is 0 Å². The third kappa shape index (κ3) is 3.31. The summed E-state index contributed by atoms with van der Waals surface area (Å²) in [7, 11) is 2.03. The van der Waals surface area contributed by atoms with Crippen molar-refractivity contribution in [2.24, 2.45) is 0 Å². The molecule has 21 heavy (non-hydrogen) atoms. The number of ether oxygens (including phenoxy) is 2. The van der Waals surface area contributed by atoms with E-state index in [4.69, 9.17) is 9.47 Å². The van der Waals surface area contributed by atoms with Crippen LogP contribution in [0.4, 0.5) is 0 Å². The van der Waals surface area contributed by atoms with Crippen LogP contribution in [-0.2, 0) is 0 Å². The highest BCUT2D eigenvalue weighted by molar-refractivity contribution is 5.45. The van der Waals surface area contributed by atoms with Crippen molar-refractivity contribution >= 4 is 0 Å². The Labute approximate surface area is 126 Å². The lowest BCUT2D eigenvalue weighted by Crippen LogP contribution is -2.48. The molecule has 2 aliphatic heterocycles. The van der Waals surface area contributed by atoms with Crippen LogP contribution in [0.3, 0.4) is 0 Å². The summed E-state index contributed by atoms with van der Waals surface area (Å²) in [5.41, 5.74) is 1.26. The zero-order valence-electron chi connectivity index (χ0n) is 13.0. The van der Waals surface area contributed by atoms with Crippen molar-refractivity contribution in [3.63, 3.8) is 0 Å². The molecule has 5 heteroatoms. The molecule has 116 valence electrons. The summed E-state index contributed by atoms with van der Waals surface area (Å²) in [5, 5.41) is 3.43. The van der Waals surface area contributed by atoms with E-state index in [1.807, 2.05) is 13.1 Å². The second kappa shape index (κ2) is 6.64. The summed E-state index contributed by atoms with van der Waals surface area (Å²) in [4.78, 5) is 5.05.